The van der Waals surface area contributed by atoms with Crippen molar-refractivity contribution in [3.63, 3.8) is 0 Å². The molecule has 0 aliphatic carbocycles. The van der Waals surface area contributed by atoms with Gasteiger partial charge in [0.2, 0.25) is 0 Å². The molecule has 0 saturated carbocycles. The second-order valence-corrected chi connectivity index (χ2v) is 6.99. The monoisotopic (exact) mass is 450 g/mol. The van der Waals surface area contributed by atoms with Crippen LogP contribution in [0.15, 0.2) is 30.0 Å². The van der Waals surface area contributed by atoms with Gasteiger partial charge in [0, 0.05) is 5.56 Å². The Morgan fingerprint density at radius 3 is 2.16 bits per heavy atom. The van der Waals surface area contributed by atoms with Gasteiger partial charge in [-0.3, -0.25) is 9.80 Å². The summed E-state index contributed by atoms with van der Waals surface area (Å²) >= 11 is 0. The second kappa shape index (κ2) is 9.45. The highest BCUT2D eigenvalue weighted by molar-refractivity contribution is 6.00. The third-order valence-corrected chi connectivity index (χ3v) is 3.29. The van der Waals surface area contributed by atoms with Gasteiger partial charge in [-0.1, -0.05) is 0 Å². The minimum atomic E-state index is -5.11. The maximum absolute atomic E-state index is 13.4. The average molecular weight is 450 g/mol. The number of carbonyl (C=O) groups is 4. The number of nitrogens with zero attached hydrogens (tertiary/aromatic N) is 1. The van der Waals surface area contributed by atoms with Crippen LogP contribution in [0.5, 0.6) is 0 Å². The van der Waals surface area contributed by atoms with Crippen LogP contribution in [0.3, 0.4) is 0 Å². The van der Waals surface area contributed by atoms with Crippen molar-refractivity contribution in [2.75, 3.05) is 6.54 Å². The second-order valence-electron chi connectivity index (χ2n) is 6.99. The van der Waals surface area contributed by atoms with Crippen LogP contribution in [-0.4, -0.2) is 51.2 Å². The number of rotatable bonds is 7. The highest BCUT2D eigenvalue weighted by Gasteiger charge is 2.35. The van der Waals surface area contributed by atoms with Crippen LogP contribution in [0.25, 0.3) is 0 Å². The normalized spacial score (nSPS) is 12.2. The van der Waals surface area contributed by atoms with Crippen LogP contribution < -0.4 is 5.43 Å². The number of aliphatic carboxylic acids is 2. The van der Waals surface area contributed by atoms with Gasteiger partial charge in [-0.2, -0.15) is 13.2 Å². The fourth-order valence-corrected chi connectivity index (χ4v) is 2.12. The van der Waals surface area contributed by atoms with Crippen LogP contribution >= 0.6 is 0 Å². The van der Waals surface area contributed by atoms with E-state index in [0.717, 1.165) is 6.07 Å². The van der Waals surface area contributed by atoms with Gasteiger partial charge < -0.3 is 14.9 Å². The summed E-state index contributed by atoms with van der Waals surface area (Å²) in [7, 11) is 0. The first-order valence-corrected chi connectivity index (χ1v) is 8.36. The number of ketones is 1. The van der Waals surface area contributed by atoms with Crippen molar-refractivity contribution in [2.45, 2.75) is 32.5 Å². The number of amides is 1. The number of hydrazine groups is 1. The molecule has 1 amide bonds. The predicted molar refractivity (Wildman–Crippen MR) is 95.2 cm³/mol. The Balaban J connectivity index is 3.31. The minimum absolute atomic E-state index is 0.152. The molecule has 1 aromatic rings. The van der Waals surface area contributed by atoms with Gasteiger partial charge in [0.15, 0.2) is 11.5 Å². The van der Waals surface area contributed by atoms with Crippen molar-refractivity contribution < 1.29 is 51.7 Å². The Bertz CT molecular complexity index is 920. The van der Waals surface area contributed by atoms with Gasteiger partial charge in [0.1, 0.15) is 18.0 Å². The van der Waals surface area contributed by atoms with E-state index in [2.05, 4.69) is 0 Å². The van der Waals surface area contributed by atoms with E-state index < -0.39 is 64.8 Å². The molecule has 0 spiro atoms. The van der Waals surface area contributed by atoms with Crippen LogP contribution in [0.1, 0.15) is 36.7 Å². The summed E-state index contributed by atoms with van der Waals surface area (Å²) < 4.78 is 57.0. The molecule has 0 aromatic heterocycles. The summed E-state index contributed by atoms with van der Waals surface area (Å²) in [5.74, 6) is -6.44. The molecule has 0 atom stereocenters. The third-order valence-electron chi connectivity index (χ3n) is 3.29. The summed E-state index contributed by atoms with van der Waals surface area (Å²) in [6.07, 6.45) is -6.23. The summed E-state index contributed by atoms with van der Waals surface area (Å²) in [5, 5.41) is 18.4. The highest BCUT2D eigenvalue weighted by Crippen LogP contribution is 2.32. The molecule has 3 N–H and O–H groups in total. The number of carbonyl (C=O) groups excluding carboxylic acids is 2. The summed E-state index contributed by atoms with van der Waals surface area (Å²) in [6.45, 7) is 3.28. The van der Waals surface area contributed by atoms with Gasteiger partial charge in [-0.05, 0) is 39.0 Å². The molecule has 13 heteroatoms. The first-order chi connectivity index (χ1) is 14.0. The molecular formula is C18H18F4N2O7. The molecule has 0 unspecified atom stereocenters. The lowest BCUT2D eigenvalue weighted by molar-refractivity contribution is -0.140. The number of Topliss-reactive ketones (excluding diaryl/α,β-unsaturated/α-hetero) is 1. The molecule has 0 saturated heterocycles. The van der Waals surface area contributed by atoms with E-state index >= 15 is 0 Å². The van der Waals surface area contributed by atoms with Gasteiger partial charge in [-0.25, -0.2) is 24.2 Å². The first-order valence-electron chi connectivity index (χ1n) is 8.36. The minimum Gasteiger partial charge on any atom is -0.478 e. The van der Waals surface area contributed by atoms with E-state index in [1.165, 1.54) is 20.8 Å². The largest absolute Gasteiger partial charge is 0.478 e. The molecule has 170 valence electrons. The molecule has 0 aliphatic rings. The van der Waals surface area contributed by atoms with E-state index in [0.29, 0.717) is 6.07 Å². The highest BCUT2D eigenvalue weighted by atomic mass is 19.4. The van der Waals surface area contributed by atoms with E-state index in [1.54, 1.807) is 0 Å². The molecule has 1 rings (SSSR count). The summed E-state index contributed by atoms with van der Waals surface area (Å²) in [6, 6.07) is 1.33. The Morgan fingerprint density at radius 2 is 1.71 bits per heavy atom. The molecule has 0 aliphatic heterocycles. The Morgan fingerprint density at radius 1 is 1.13 bits per heavy atom. The molecular weight excluding hydrogens is 432 g/mol. The van der Waals surface area contributed by atoms with E-state index in [-0.39, 0.29) is 17.2 Å². The zero-order chi connectivity index (χ0) is 24.1. The van der Waals surface area contributed by atoms with Crippen molar-refractivity contribution >= 4 is 23.8 Å². The number of hydrogen-bond donors (Lipinski definition) is 3. The third kappa shape index (κ3) is 7.95. The van der Waals surface area contributed by atoms with Crippen molar-refractivity contribution in [1.82, 2.24) is 10.4 Å². The summed E-state index contributed by atoms with van der Waals surface area (Å²) in [4.78, 5) is 46.7. The van der Waals surface area contributed by atoms with Crippen LogP contribution in [-0.2, 0) is 20.5 Å². The summed E-state index contributed by atoms with van der Waals surface area (Å²) in [5.41, 5.74) is -2.68. The van der Waals surface area contributed by atoms with E-state index in [4.69, 9.17) is 9.84 Å². The van der Waals surface area contributed by atoms with E-state index in [9.17, 15) is 41.8 Å². The fraction of sp³-hybridized carbons (Fsp3) is 0.333. The quantitative estimate of drug-likeness (QED) is 0.250. The zero-order valence-corrected chi connectivity index (χ0v) is 16.4. The number of alkyl halides is 3. The fourth-order valence-electron chi connectivity index (χ4n) is 2.12. The van der Waals surface area contributed by atoms with Crippen molar-refractivity contribution in [2.24, 2.45) is 0 Å². The zero-order valence-electron chi connectivity index (χ0n) is 16.4. The standard InChI is InChI=1S/C18H18F4N2O7/c1-17(2,3)31-16(30)23-24(12(15(28)29)7-14(26)27)8-13(25)9-4-5-11(19)10(6-9)18(20,21)22/h4-7H,8H2,1-3H3,(H,23,30)(H,26,27)(H,28,29). The van der Waals surface area contributed by atoms with Crippen molar-refractivity contribution in [3.05, 3.63) is 46.9 Å². The molecule has 0 radical (unpaired) electrons. The van der Waals surface area contributed by atoms with Gasteiger partial charge in [0.25, 0.3) is 0 Å². The number of nitrogens with one attached hydrogen (secondary N) is 1. The molecule has 0 bridgehead atoms. The van der Waals surface area contributed by atoms with Crippen LogP contribution in [0.4, 0.5) is 22.4 Å². The van der Waals surface area contributed by atoms with Crippen molar-refractivity contribution in [3.8, 4) is 0 Å². The predicted octanol–water partition coefficient (Wildman–Crippen LogP) is 2.82. The lowest BCUT2D eigenvalue weighted by Gasteiger charge is -2.27. The number of halogens is 4. The molecule has 9 nitrogen and oxygen atoms in total. The number of carboxylic acid groups (broad SMARTS) is 2. The number of benzene rings is 1. The number of ether oxygens (including phenoxy) is 1. The van der Waals surface area contributed by atoms with Crippen LogP contribution in [0.2, 0.25) is 0 Å². The van der Waals surface area contributed by atoms with Gasteiger partial charge >= 0.3 is 24.2 Å². The smallest absolute Gasteiger partial charge is 0.426 e. The maximum Gasteiger partial charge on any atom is 0.426 e. The van der Waals surface area contributed by atoms with Gasteiger partial charge in [0.05, 0.1) is 11.6 Å². The Kier molecular flexibility index (Phi) is 7.74. The number of hydrogen-bond acceptors (Lipinski definition) is 6. The molecule has 0 heterocycles. The maximum atomic E-state index is 13.4. The number of carboxylic acids is 2. The Labute approximate surface area is 172 Å². The molecule has 1 aromatic carbocycles. The first kappa shape index (κ1) is 25.4. The van der Waals surface area contributed by atoms with Crippen LogP contribution in [0, 0.1) is 5.82 Å². The average Bonchev–Trinajstić information content (AvgIpc) is 2.56. The Hall–Kier alpha value is -3.64. The van der Waals surface area contributed by atoms with Crippen molar-refractivity contribution in [1.29, 1.82) is 0 Å². The van der Waals surface area contributed by atoms with E-state index in [1.807, 2.05) is 5.43 Å². The molecule has 0 fully saturated rings. The topological polar surface area (TPSA) is 133 Å². The molecule has 31 heavy (non-hydrogen) atoms. The lowest BCUT2D eigenvalue weighted by atomic mass is 10.1. The lowest BCUT2D eigenvalue weighted by Crippen LogP contribution is -2.48. The SMILES string of the molecule is CC(C)(C)OC(=O)NN(CC(=O)c1ccc(F)c(C(F)(F)F)c1)C(=CC(=O)O)C(=O)O. The van der Waals surface area contributed by atoms with Gasteiger partial charge in [-0.15, -0.1) is 0 Å².